The maximum atomic E-state index is 12.0. The highest BCUT2D eigenvalue weighted by molar-refractivity contribution is 7.39. The number of Topliss-reactive ketones (excluding diaryl/α,β-unsaturated/α-hetero) is 1. The van der Waals surface area contributed by atoms with Gasteiger partial charge in [0.15, 0.2) is 5.78 Å². The predicted octanol–water partition coefficient (Wildman–Crippen LogP) is 3.62. The summed E-state index contributed by atoms with van der Waals surface area (Å²) >= 11 is 0. The molecule has 2 unspecified atom stereocenters. The molecule has 114 valence electrons. The second-order valence-electron chi connectivity index (χ2n) is 5.10. The fourth-order valence-corrected chi connectivity index (χ4v) is 3.04. The summed E-state index contributed by atoms with van der Waals surface area (Å²) in [7, 11) is -2.81. The van der Waals surface area contributed by atoms with Gasteiger partial charge in [-0.1, -0.05) is 60.7 Å². The first-order valence-electron chi connectivity index (χ1n) is 7.06. The standard InChI is InChI=1S/C17H17O4P/c18-16(14-8-3-1-4-9-14)12-7-13-17(19,22(20)21)15-10-5-2-6-11-15/h1-6,8-11,19H,7,12-13H2/p+1. The quantitative estimate of drug-likeness (QED) is 0.604. The Morgan fingerprint density at radius 1 is 1.00 bits per heavy atom. The number of hydrogen-bond donors (Lipinski definition) is 2. The second-order valence-corrected chi connectivity index (χ2v) is 6.38. The van der Waals surface area contributed by atoms with Gasteiger partial charge in [0.25, 0.3) is 0 Å². The van der Waals surface area contributed by atoms with Crippen molar-refractivity contribution in [3.63, 3.8) is 0 Å². The van der Waals surface area contributed by atoms with E-state index in [9.17, 15) is 19.4 Å². The largest absolute Gasteiger partial charge is 0.546 e. The van der Waals surface area contributed by atoms with Crippen molar-refractivity contribution in [3.05, 3.63) is 71.8 Å². The van der Waals surface area contributed by atoms with Crippen molar-refractivity contribution in [1.82, 2.24) is 0 Å². The molecule has 22 heavy (non-hydrogen) atoms. The zero-order valence-electron chi connectivity index (χ0n) is 12.1. The molecular formula is C17H18O4P+. The Hall–Kier alpha value is -1.87. The molecule has 0 fully saturated rings. The minimum Gasteiger partial charge on any atom is -0.343 e. The number of benzene rings is 2. The molecule has 0 saturated carbocycles. The van der Waals surface area contributed by atoms with Crippen LogP contribution in [0.1, 0.15) is 35.2 Å². The third-order valence-electron chi connectivity index (χ3n) is 3.58. The molecule has 2 atom stereocenters. The van der Waals surface area contributed by atoms with Crippen LogP contribution >= 0.6 is 8.03 Å². The second kappa shape index (κ2) is 7.41. The van der Waals surface area contributed by atoms with Crippen LogP contribution in [0.15, 0.2) is 60.7 Å². The van der Waals surface area contributed by atoms with Gasteiger partial charge in [-0.15, -0.1) is 0 Å². The molecule has 4 nitrogen and oxygen atoms in total. The van der Waals surface area contributed by atoms with E-state index in [0.29, 0.717) is 17.5 Å². The zero-order chi connectivity index (χ0) is 16.0. The van der Waals surface area contributed by atoms with Gasteiger partial charge in [0, 0.05) is 24.0 Å². The highest BCUT2D eigenvalue weighted by Crippen LogP contribution is 2.45. The highest BCUT2D eigenvalue weighted by atomic mass is 31.1. The van der Waals surface area contributed by atoms with Gasteiger partial charge in [-0.3, -0.25) is 4.79 Å². The number of ketones is 1. The molecular weight excluding hydrogens is 299 g/mol. The maximum Gasteiger partial charge on any atom is 0.546 e. The molecule has 0 heterocycles. The van der Waals surface area contributed by atoms with Crippen molar-refractivity contribution in [1.29, 1.82) is 0 Å². The molecule has 0 aliphatic heterocycles. The molecule has 2 rings (SSSR count). The van der Waals surface area contributed by atoms with Gasteiger partial charge in [0.05, 0.1) is 0 Å². The summed E-state index contributed by atoms with van der Waals surface area (Å²) in [5, 5.41) is 8.69. The maximum absolute atomic E-state index is 12.0. The van der Waals surface area contributed by atoms with Crippen LogP contribution in [0.25, 0.3) is 0 Å². The lowest BCUT2D eigenvalue weighted by Crippen LogP contribution is -2.21. The Balaban J connectivity index is 2.02. The van der Waals surface area contributed by atoms with E-state index < -0.39 is 13.4 Å². The SMILES string of the molecule is O=C(CCCC(O)(c1ccccc1)[P+](=O)O)c1ccccc1. The monoisotopic (exact) mass is 317 g/mol. The zero-order valence-corrected chi connectivity index (χ0v) is 12.9. The molecule has 2 aromatic rings. The van der Waals surface area contributed by atoms with Crippen molar-refractivity contribution in [2.75, 3.05) is 0 Å². The molecule has 0 saturated heterocycles. The molecule has 5 heteroatoms. The van der Waals surface area contributed by atoms with Gasteiger partial charge in [-0.2, -0.15) is 4.89 Å². The average molecular weight is 317 g/mol. The fraction of sp³-hybridized carbons (Fsp3) is 0.235. The van der Waals surface area contributed by atoms with Crippen LogP contribution in [0, 0.1) is 0 Å². The minimum absolute atomic E-state index is 0.0378. The van der Waals surface area contributed by atoms with Crippen molar-refractivity contribution in [3.8, 4) is 0 Å². The van der Waals surface area contributed by atoms with E-state index in [1.165, 1.54) is 0 Å². The molecule has 0 bridgehead atoms. The van der Waals surface area contributed by atoms with Crippen molar-refractivity contribution < 1.29 is 19.4 Å². The topological polar surface area (TPSA) is 74.6 Å². The van der Waals surface area contributed by atoms with E-state index in [1.807, 2.05) is 6.07 Å². The van der Waals surface area contributed by atoms with Crippen LogP contribution in [0.4, 0.5) is 0 Å². The van der Waals surface area contributed by atoms with Gasteiger partial charge in [0.1, 0.15) is 0 Å². The van der Waals surface area contributed by atoms with Crippen LogP contribution in [-0.2, 0) is 9.91 Å². The van der Waals surface area contributed by atoms with Crippen molar-refractivity contribution >= 4 is 13.8 Å². The summed E-state index contributed by atoms with van der Waals surface area (Å²) in [4.78, 5) is 21.5. The Kier molecular flexibility index (Phi) is 5.56. The summed E-state index contributed by atoms with van der Waals surface area (Å²) in [6.07, 6.45) is 0.615. The molecule has 0 aliphatic carbocycles. The molecule has 0 spiro atoms. The van der Waals surface area contributed by atoms with Gasteiger partial charge >= 0.3 is 13.4 Å². The van der Waals surface area contributed by atoms with E-state index in [2.05, 4.69) is 0 Å². The molecule has 2 N–H and O–H groups in total. The van der Waals surface area contributed by atoms with Gasteiger partial charge in [-0.25, -0.2) is 0 Å². The first kappa shape index (κ1) is 16.5. The number of carbonyl (C=O) groups is 1. The lowest BCUT2D eigenvalue weighted by molar-refractivity contribution is 0.0910. The average Bonchev–Trinajstić information content (AvgIpc) is 2.56. The fourth-order valence-electron chi connectivity index (χ4n) is 2.32. The number of carbonyl (C=O) groups excluding carboxylic acids is 1. The van der Waals surface area contributed by atoms with E-state index >= 15 is 0 Å². The first-order valence-corrected chi connectivity index (χ1v) is 8.27. The van der Waals surface area contributed by atoms with E-state index in [1.54, 1.807) is 54.6 Å². The van der Waals surface area contributed by atoms with E-state index in [-0.39, 0.29) is 18.6 Å². The minimum atomic E-state index is -2.81. The van der Waals surface area contributed by atoms with Crippen LogP contribution in [-0.4, -0.2) is 15.8 Å². The Morgan fingerprint density at radius 2 is 1.55 bits per heavy atom. The van der Waals surface area contributed by atoms with E-state index in [4.69, 9.17) is 0 Å². The summed E-state index contributed by atoms with van der Waals surface area (Å²) < 4.78 is 11.6. The summed E-state index contributed by atoms with van der Waals surface area (Å²) in [6.45, 7) is 0. The van der Waals surface area contributed by atoms with Gasteiger partial charge in [0.2, 0.25) is 0 Å². The summed E-state index contributed by atoms with van der Waals surface area (Å²) in [5.74, 6) is -0.0378. The summed E-state index contributed by atoms with van der Waals surface area (Å²) in [5.41, 5.74) is 1.00. The van der Waals surface area contributed by atoms with Crippen LogP contribution in [0.2, 0.25) is 0 Å². The first-order chi connectivity index (χ1) is 10.5. The van der Waals surface area contributed by atoms with Crippen LogP contribution in [0.5, 0.6) is 0 Å². The van der Waals surface area contributed by atoms with E-state index in [0.717, 1.165) is 0 Å². The van der Waals surface area contributed by atoms with Crippen molar-refractivity contribution in [2.24, 2.45) is 0 Å². The molecule has 0 radical (unpaired) electrons. The highest BCUT2D eigenvalue weighted by Gasteiger charge is 2.48. The molecule has 0 aliphatic rings. The predicted molar refractivity (Wildman–Crippen MR) is 84.8 cm³/mol. The van der Waals surface area contributed by atoms with Crippen LogP contribution in [0.3, 0.4) is 0 Å². The molecule has 2 aromatic carbocycles. The molecule has 0 aromatic heterocycles. The summed E-state index contributed by atoms with van der Waals surface area (Å²) in [6, 6.07) is 17.3. The number of hydrogen-bond acceptors (Lipinski definition) is 3. The number of rotatable bonds is 7. The van der Waals surface area contributed by atoms with Gasteiger partial charge in [-0.05, 0) is 11.0 Å². The van der Waals surface area contributed by atoms with Crippen molar-refractivity contribution in [2.45, 2.75) is 24.6 Å². The third kappa shape index (κ3) is 3.86. The Morgan fingerprint density at radius 3 is 2.09 bits per heavy atom. The lowest BCUT2D eigenvalue weighted by atomic mass is 10.00. The number of aliphatic hydroxyl groups is 1. The smallest absolute Gasteiger partial charge is 0.343 e. The Bertz CT molecular complexity index is 642. The molecule has 0 amide bonds. The third-order valence-corrected chi connectivity index (χ3v) is 4.69. The normalized spacial score (nSPS) is 14.2. The lowest BCUT2D eigenvalue weighted by Gasteiger charge is -2.15. The Labute approximate surface area is 130 Å². The van der Waals surface area contributed by atoms with Crippen LogP contribution < -0.4 is 0 Å². The van der Waals surface area contributed by atoms with Gasteiger partial charge < -0.3 is 5.11 Å².